The Kier molecular flexibility index (Phi) is 5.04. The number of halogens is 1. The van der Waals surface area contributed by atoms with Crippen molar-refractivity contribution in [2.24, 2.45) is 0 Å². The zero-order chi connectivity index (χ0) is 12.2. The van der Waals surface area contributed by atoms with Crippen molar-refractivity contribution in [3.63, 3.8) is 0 Å². The van der Waals surface area contributed by atoms with Crippen molar-refractivity contribution in [1.82, 2.24) is 0 Å². The average molecular weight is 283 g/mol. The maximum atomic E-state index is 3.65. The molecule has 90 valence electrons. The average Bonchev–Trinajstić information content (AvgIpc) is 2.17. The van der Waals surface area contributed by atoms with Crippen molar-refractivity contribution in [3.05, 3.63) is 35.4 Å². The van der Waals surface area contributed by atoms with Crippen LogP contribution in [0.5, 0.6) is 0 Å². The number of alkyl halides is 1. The molecule has 1 atom stereocenters. The summed E-state index contributed by atoms with van der Waals surface area (Å²) >= 11 is 3.65. The van der Waals surface area contributed by atoms with E-state index in [1.54, 1.807) is 0 Å². The van der Waals surface area contributed by atoms with Gasteiger partial charge in [0.2, 0.25) is 0 Å². The van der Waals surface area contributed by atoms with Crippen LogP contribution in [0.2, 0.25) is 0 Å². The first-order valence-electron chi connectivity index (χ1n) is 6.19. The third-order valence-corrected chi connectivity index (χ3v) is 3.39. The van der Waals surface area contributed by atoms with Crippen LogP contribution >= 0.6 is 15.9 Å². The number of hydrogen-bond acceptors (Lipinski definition) is 0. The van der Waals surface area contributed by atoms with Crippen molar-refractivity contribution < 1.29 is 0 Å². The first-order chi connectivity index (χ1) is 7.45. The van der Waals surface area contributed by atoms with Gasteiger partial charge in [0.1, 0.15) is 0 Å². The quantitative estimate of drug-likeness (QED) is 0.660. The first kappa shape index (κ1) is 13.8. The minimum atomic E-state index is 0.258. The molecular weight excluding hydrogens is 260 g/mol. The number of hydrogen-bond donors (Lipinski definition) is 0. The summed E-state index contributed by atoms with van der Waals surface area (Å²) < 4.78 is 0. The fraction of sp³-hybridized carbons (Fsp3) is 0.600. The Balaban J connectivity index is 2.79. The van der Waals surface area contributed by atoms with Gasteiger partial charge in [-0.25, -0.2) is 0 Å². The van der Waals surface area contributed by atoms with E-state index in [2.05, 4.69) is 67.9 Å². The van der Waals surface area contributed by atoms with Crippen LogP contribution in [-0.4, -0.2) is 4.83 Å². The van der Waals surface area contributed by atoms with E-state index < -0.39 is 0 Å². The molecule has 0 N–H and O–H groups in total. The largest absolute Gasteiger partial charge is 0.0893 e. The van der Waals surface area contributed by atoms with Gasteiger partial charge < -0.3 is 0 Å². The number of rotatable bonds is 5. The third-order valence-electron chi connectivity index (χ3n) is 3.07. The van der Waals surface area contributed by atoms with E-state index in [4.69, 9.17) is 0 Å². The molecular formula is C15H23Br. The SMILES string of the molecule is CCCc1ccc(C(C)(C)CC(C)Br)cc1. The van der Waals surface area contributed by atoms with Gasteiger partial charge in [-0.2, -0.15) is 0 Å². The zero-order valence-electron chi connectivity index (χ0n) is 10.9. The lowest BCUT2D eigenvalue weighted by molar-refractivity contribution is 0.482. The van der Waals surface area contributed by atoms with Gasteiger partial charge in [0, 0.05) is 4.83 Å². The van der Waals surface area contributed by atoms with Gasteiger partial charge in [-0.3, -0.25) is 0 Å². The summed E-state index contributed by atoms with van der Waals surface area (Å²) in [4.78, 5) is 0.567. The molecule has 16 heavy (non-hydrogen) atoms. The van der Waals surface area contributed by atoms with Crippen LogP contribution in [0.4, 0.5) is 0 Å². The molecule has 1 heteroatoms. The molecule has 0 heterocycles. The second-order valence-electron chi connectivity index (χ2n) is 5.32. The molecule has 0 aliphatic rings. The highest BCUT2D eigenvalue weighted by molar-refractivity contribution is 9.09. The van der Waals surface area contributed by atoms with Crippen LogP contribution in [0.25, 0.3) is 0 Å². The first-order valence-corrected chi connectivity index (χ1v) is 7.11. The second kappa shape index (κ2) is 5.86. The Labute approximate surface area is 109 Å². The summed E-state index contributed by atoms with van der Waals surface area (Å²) in [5.74, 6) is 0. The van der Waals surface area contributed by atoms with Crippen LogP contribution in [0.1, 0.15) is 51.7 Å². The molecule has 0 aliphatic carbocycles. The molecule has 0 spiro atoms. The molecule has 0 bridgehead atoms. The van der Waals surface area contributed by atoms with Gasteiger partial charge in [0.25, 0.3) is 0 Å². The van der Waals surface area contributed by atoms with Gasteiger partial charge in [0.15, 0.2) is 0 Å². The second-order valence-corrected chi connectivity index (χ2v) is 6.88. The maximum absolute atomic E-state index is 3.65. The topological polar surface area (TPSA) is 0 Å². The van der Waals surface area contributed by atoms with Crippen LogP contribution in [0, 0.1) is 0 Å². The summed E-state index contributed by atoms with van der Waals surface area (Å²) in [6.07, 6.45) is 3.58. The molecule has 0 saturated heterocycles. The molecule has 0 saturated carbocycles. The molecule has 0 amide bonds. The molecule has 1 aromatic carbocycles. The Bertz CT molecular complexity index is 309. The number of benzene rings is 1. The Morgan fingerprint density at radius 2 is 1.75 bits per heavy atom. The van der Waals surface area contributed by atoms with E-state index >= 15 is 0 Å². The highest BCUT2D eigenvalue weighted by Crippen LogP contribution is 2.30. The predicted octanol–water partition coefficient (Wildman–Crippen LogP) is 5.09. The fourth-order valence-corrected chi connectivity index (χ4v) is 3.04. The van der Waals surface area contributed by atoms with Gasteiger partial charge >= 0.3 is 0 Å². The maximum Gasteiger partial charge on any atom is 0.0125 e. The van der Waals surface area contributed by atoms with Crippen molar-refractivity contribution in [2.75, 3.05) is 0 Å². The van der Waals surface area contributed by atoms with Crippen LogP contribution in [0.15, 0.2) is 24.3 Å². The van der Waals surface area contributed by atoms with Gasteiger partial charge in [-0.05, 0) is 29.4 Å². The molecule has 1 unspecified atom stereocenters. The molecule has 0 radical (unpaired) electrons. The van der Waals surface area contributed by atoms with E-state index in [9.17, 15) is 0 Å². The Hall–Kier alpha value is -0.300. The van der Waals surface area contributed by atoms with Gasteiger partial charge in [-0.1, -0.05) is 74.3 Å². The lowest BCUT2D eigenvalue weighted by atomic mass is 9.80. The van der Waals surface area contributed by atoms with Crippen LogP contribution < -0.4 is 0 Å². The zero-order valence-corrected chi connectivity index (χ0v) is 12.5. The summed E-state index contributed by atoms with van der Waals surface area (Å²) in [6, 6.07) is 9.14. The minimum absolute atomic E-state index is 0.258. The standard InChI is InChI=1S/C15H23Br/c1-5-6-13-7-9-14(10-8-13)15(3,4)11-12(2)16/h7-10,12H,5-6,11H2,1-4H3. The minimum Gasteiger partial charge on any atom is -0.0893 e. The highest BCUT2D eigenvalue weighted by Gasteiger charge is 2.22. The van der Waals surface area contributed by atoms with Gasteiger partial charge in [0.05, 0.1) is 0 Å². The molecule has 0 nitrogen and oxygen atoms in total. The monoisotopic (exact) mass is 282 g/mol. The van der Waals surface area contributed by atoms with Crippen LogP contribution in [-0.2, 0) is 11.8 Å². The van der Waals surface area contributed by atoms with Crippen LogP contribution in [0.3, 0.4) is 0 Å². The van der Waals surface area contributed by atoms with Gasteiger partial charge in [-0.15, -0.1) is 0 Å². The lowest BCUT2D eigenvalue weighted by Crippen LogP contribution is -2.20. The van der Waals surface area contributed by atoms with E-state index in [1.807, 2.05) is 0 Å². The van der Waals surface area contributed by atoms with Crippen molar-refractivity contribution >= 4 is 15.9 Å². The highest BCUT2D eigenvalue weighted by atomic mass is 79.9. The lowest BCUT2D eigenvalue weighted by Gasteiger charge is -2.27. The summed E-state index contributed by atoms with van der Waals surface area (Å²) in [6.45, 7) is 9.08. The Morgan fingerprint density at radius 1 is 1.19 bits per heavy atom. The van der Waals surface area contributed by atoms with E-state index in [1.165, 1.54) is 30.4 Å². The van der Waals surface area contributed by atoms with E-state index in [0.29, 0.717) is 4.83 Å². The molecule has 0 aliphatic heterocycles. The summed E-state index contributed by atoms with van der Waals surface area (Å²) in [5.41, 5.74) is 3.15. The molecule has 0 fully saturated rings. The van der Waals surface area contributed by atoms with Crippen molar-refractivity contribution in [1.29, 1.82) is 0 Å². The van der Waals surface area contributed by atoms with E-state index in [0.717, 1.165) is 0 Å². The smallest absolute Gasteiger partial charge is 0.0125 e. The molecule has 0 aromatic heterocycles. The fourth-order valence-electron chi connectivity index (χ4n) is 2.23. The predicted molar refractivity (Wildman–Crippen MR) is 76.5 cm³/mol. The molecule has 1 aromatic rings. The number of aryl methyl sites for hydroxylation is 1. The third kappa shape index (κ3) is 3.93. The van der Waals surface area contributed by atoms with Crippen molar-refractivity contribution in [2.45, 2.75) is 57.2 Å². The van der Waals surface area contributed by atoms with Crippen molar-refractivity contribution in [3.8, 4) is 0 Å². The Morgan fingerprint density at radius 3 is 2.19 bits per heavy atom. The summed E-state index contributed by atoms with van der Waals surface area (Å²) in [5, 5.41) is 0. The van der Waals surface area contributed by atoms with E-state index in [-0.39, 0.29) is 5.41 Å². The normalized spacial score (nSPS) is 13.8. The molecule has 1 rings (SSSR count). The summed E-state index contributed by atoms with van der Waals surface area (Å²) in [7, 11) is 0.